The Morgan fingerprint density at radius 3 is 2.79 bits per heavy atom. The Balaban J connectivity index is 2.34. The molecule has 2 atom stereocenters. The predicted molar refractivity (Wildman–Crippen MR) is 63.1 cm³/mol. The molecule has 2 unspecified atom stereocenters. The number of azide groups is 1. The number of alkyl halides is 3. The van der Waals surface area contributed by atoms with Crippen LogP contribution in [-0.4, -0.2) is 25.2 Å². The molecule has 0 aromatic heterocycles. The lowest BCUT2D eigenvalue weighted by Gasteiger charge is -2.29. The van der Waals surface area contributed by atoms with Gasteiger partial charge in [0, 0.05) is 23.9 Å². The number of nitrogens with one attached hydrogen (secondary N) is 1. The molecule has 8 heteroatoms. The Morgan fingerprint density at radius 1 is 1.42 bits per heavy atom. The molecule has 1 rings (SSSR count). The van der Waals surface area contributed by atoms with Crippen molar-refractivity contribution in [3.05, 3.63) is 10.4 Å². The Morgan fingerprint density at radius 2 is 2.16 bits per heavy atom. The van der Waals surface area contributed by atoms with E-state index >= 15 is 0 Å². The van der Waals surface area contributed by atoms with E-state index < -0.39 is 18.0 Å². The zero-order valence-electron chi connectivity index (χ0n) is 10.5. The van der Waals surface area contributed by atoms with Crippen LogP contribution in [0.15, 0.2) is 5.11 Å². The highest BCUT2D eigenvalue weighted by Crippen LogP contribution is 2.39. The van der Waals surface area contributed by atoms with Crippen molar-refractivity contribution < 1.29 is 18.0 Å². The van der Waals surface area contributed by atoms with E-state index in [1.165, 1.54) is 0 Å². The van der Waals surface area contributed by atoms with Crippen LogP contribution in [0.2, 0.25) is 0 Å². The van der Waals surface area contributed by atoms with Crippen LogP contribution in [0.3, 0.4) is 0 Å². The van der Waals surface area contributed by atoms with Crippen molar-refractivity contribution in [1.29, 1.82) is 0 Å². The van der Waals surface area contributed by atoms with Crippen molar-refractivity contribution in [3.63, 3.8) is 0 Å². The number of carbonyl (C=O) groups is 1. The van der Waals surface area contributed by atoms with Gasteiger partial charge in [0.05, 0.1) is 5.92 Å². The van der Waals surface area contributed by atoms with E-state index in [1.54, 1.807) is 0 Å². The van der Waals surface area contributed by atoms with Gasteiger partial charge in [0.1, 0.15) is 0 Å². The maximum absolute atomic E-state index is 12.6. The molecule has 5 nitrogen and oxygen atoms in total. The van der Waals surface area contributed by atoms with Crippen LogP contribution >= 0.6 is 0 Å². The SMILES string of the molecule is [N-]=[N+]=NCCCNC(=O)C1CCCC(C(F)(F)F)C1. The highest BCUT2D eigenvalue weighted by atomic mass is 19.4. The number of halogens is 3. The number of hydrogen-bond donors (Lipinski definition) is 1. The summed E-state index contributed by atoms with van der Waals surface area (Å²) in [4.78, 5) is 14.3. The third-order valence-electron chi connectivity index (χ3n) is 3.31. The molecule has 0 saturated heterocycles. The van der Waals surface area contributed by atoms with Crippen LogP contribution in [0.5, 0.6) is 0 Å². The standard InChI is InChI=1S/C11H17F3N4O/c12-11(13,14)9-4-1-3-8(7-9)10(19)16-5-2-6-17-18-15/h8-9H,1-7H2,(H,16,19). The number of amides is 1. The minimum absolute atomic E-state index is 0.115. The second-order valence-corrected chi connectivity index (χ2v) is 4.70. The van der Waals surface area contributed by atoms with E-state index in [1.807, 2.05) is 0 Å². The number of rotatable bonds is 5. The third-order valence-corrected chi connectivity index (χ3v) is 3.31. The maximum Gasteiger partial charge on any atom is 0.391 e. The minimum Gasteiger partial charge on any atom is -0.356 e. The smallest absolute Gasteiger partial charge is 0.356 e. The molecule has 0 bridgehead atoms. The number of nitrogens with zero attached hydrogens (tertiary/aromatic N) is 3. The first-order valence-corrected chi connectivity index (χ1v) is 6.30. The fourth-order valence-electron chi connectivity index (χ4n) is 2.28. The molecule has 1 N–H and O–H groups in total. The van der Waals surface area contributed by atoms with Gasteiger partial charge in [-0.3, -0.25) is 4.79 Å². The zero-order valence-corrected chi connectivity index (χ0v) is 10.5. The summed E-state index contributed by atoms with van der Waals surface area (Å²) >= 11 is 0. The second-order valence-electron chi connectivity index (χ2n) is 4.70. The van der Waals surface area contributed by atoms with E-state index in [4.69, 9.17) is 5.53 Å². The minimum atomic E-state index is -4.21. The largest absolute Gasteiger partial charge is 0.391 e. The van der Waals surface area contributed by atoms with Gasteiger partial charge < -0.3 is 5.32 Å². The normalized spacial score (nSPS) is 23.5. The molecule has 1 aliphatic carbocycles. The lowest BCUT2D eigenvalue weighted by Crippen LogP contribution is -2.37. The fourth-order valence-corrected chi connectivity index (χ4v) is 2.28. The summed E-state index contributed by atoms with van der Waals surface area (Å²) < 4.78 is 37.8. The summed E-state index contributed by atoms with van der Waals surface area (Å²) in [5.41, 5.74) is 8.05. The highest BCUT2D eigenvalue weighted by Gasteiger charge is 2.43. The molecule has 0 aliphatic heterocycles. The van der Waals surface area contributed by atoms with Gasteiger partial charge in [-0.1, -0.05) is 11.5 Å². The molecule has 0 heterocycles. The van der Waals surface area contributed by atoms with Crippen molar-refractivity contribution in [2.75, 3.05) is 13.1 Å². The molecule has 1 saturated carbocycles. The van der Waals surface area contributed by atoms with Crippen LogP contribution in [0, 0.1) is 11.8 Å². The lowest BCUT2D eigenvalue weighted by molar-refractivity contribution is -0.186. The summed E-state index contributed by atoms with van der Waals surface area (Å²) in [6, 6.07) is 0. The van der Waals surface area contributed by atoms with Gasteiger partial charge in [0.15, 0.2) is 0 Å². The van der Waals surface area contributed by atoms with Gasteiger partial charge >= 0.3 is 6.18 Å². The van der Waals surface area contributed by atoms with E-state index in [-0.39, 0.29) is 25.3 Å². The van der Waals surface area contributed by atoms with Crippen molar-refractivity contribution in [2.45, 2.75) is 38.3 Å². The van der Waals surface area contributed by atoms with Crippen LogP contribution in [0.1, 0.15) is 32.1 Å². The van der Waals surface area contributed by atoms with E-state index in [2.05, 4.69) is 15.3 Å². The molecular formula is C11H17F3N4O. The Kier molecular flexibility index (Phi) is 5.95. The first-order valence-electron chi connectivity index (χ1n) is 6.30. The van der Waals surface area contributed by atoms with Gasteiger partial charge in [-0.2, -0.15) is 13.2 Å². The maximum atomic E-state index is 12.6. The highest BCUT2D eigenvalue weighted by molar-refractivity contribution is 5.78. The lowest BCUT2D eigenvalue weighted by atomic mass is 9.80. The molecule has 1 amide bonds. The van der Waals surface area contributed by atoms with E-state index in [9.17, 15) is 18.0 Å². The van der Waals surface area contributed by atoms with E-state index in [0.29, 0.717) is 25.8 Å². The van der Waals surface area contributed by atoms with Crippen LogP contribution < -0.4 is 5.32 Å². The molecule has 1 fully saturated rings. The number of carbonyl (C=O) groups excluding carboxylic acids is 1. The van der Waals surface area contributed by atoms with Crippen LogP contribution in [-0.2, 0) is 4.79 Å². The van der Waals surface area contributed by atoms with Crippen molar-refractivity contribution in [1.82, 2.24) is 5.32 Å². The average Bonchev–Trinajstić information content (AvgIpc) is 2.37. The molecule has 1 aliphatic rings. The number of hydrogen-bond acceptors (Lipinski definition) is 2. The van der Waals surface area contributed by atoms with E-state index in [0.717, 1.165) is 0 Å². The van der Waals surface area contributed by atoms with Gasteiger partial charge in [0.2, 0.25) is 5.91 Å². The van der Waals surface area contributed by atoms with Gasteiger partial charge in [-0.05, 0) is 31.2 Å². The Labute approximate surface area is 109 Å². The van der Waals surface area contributed by atoms with Crippen LogP contribution in [0.4, 0.5) is 13.2 Å². The molecule has 0 aromatic rings. The zero-order chi connectivity index (χ0) is 14.3. The summed E-state index contributed by atoms with van der Waals surface area (Å²) in [6.45, 7) is 0.595. The molecule has 108 valence electrons. The Bertz CT molecular complexity index is 352. The van der Waals surface area contributed by atoms with Gasteiger partial charge in [-0.15, -0.1) is 0 Å². The summed E-state index contributed by atoms with van der Waals surface area (Å²) in [6.07, 6.45) is -2.78. The van der Waals surface area contributed by atoms with Crippen LogP contribution in [0.25, 0.3) is 10.4 Å². The summed E-state index contributed by atoms with van der Waals surface area (Å²) in [5.74, 6) is -2.24. The van der Waals surface area contributed by atoms with Gasteiger partial charge in [-0.25, -0.2) is 0 Å². The Hall–Kier alpha value is -1.43. The second kappa shape index (κ2) is 7.23. The first kappa shape index (κ1) is 15.6. The third kappa shape index (κ3) is 5.38. The summed E-state index contributed by atoms with van der Waals surface area (Å²) in [5, 5.41) is 5.90. The monoisotopic (exact) mass is 278 g/mol. The molecule has 19 heavy (non-hydrogen) atoms. The molecule has 0 radical (unpaired) electrons. The fraction of sp³-hybridized carbons (Fsp3) is 0.909. The van der Waals surface area contributed by atoms with Gasteiger partial charge in [0.25, 0.3) is 0 Å². The van der Waals surface area contributed by atoms with Crippen molar-refractivity contribution in [3.8, 4) is 0 Å². The van der Waals surface area contributed by atoms with Crippen molar-refractivity contribution >= 4 is 5.91 Å². The summed E-state index contributed by atoms with van der Waals surface area (Å²) in [7, 11) is 0. The van der Waals surface area contributed by atoms with Crippen molar-refractivity contribution in [2.24, 2.45) is 17.0 Å². The molecular weight excluding hydrogens is 261 g/mol. The average molecular weight is 278 g/mol. The predicted octanol–water partition coefficient (Wildman–Crippen LogP) is 3.17. The topological polar surface area (TPSA) is 77.9 Å². The first-order chi connectivity index (χ1) is 8.95. The molecule has 0 aromatic carbocycles. The molecule has 0 spiro atoms. The quantitative estimate of drug-likeness (QED) is 0.356.